The molecule has 0 spiro atoms. The molecule has 6 amide bonds. The number of fused-ring (bicyclic) bond motifs is 6. The second-order valence-corrected chi connectivity index (χ2v) is 23.8. The van der Waals surface area contributed by atoms with E-state index in [1.807, 2.05) is 19.1 Å². The summed E-state index contributed by atoms with van der Waals surface area (Å²) in [6.07, 6.45) is 5.97. The molecular formula is C61H68Br2N10O17. The number of esters is 1. The number of anilines is 1. The Kier molecular flexibility index (Phi) is 21.4. The maximum atomic E-state index is 14.0. The number of nitrogens with zero attached hydrogens (tertiary/aromatic N) is 6. The maximum absolute atomic E-state index is 14.0. The Morgan fingerprint density at radius 1 is 0.822 bits per heavy atom. The third-order valence-corrected chi connectivity index (χ3v) is 18.2. The van der Waals surface area contributed by atoms with E-state index in [1.165, 1.54) is 4.90 Å². The lowest BCUT2D eigenvalue weighted by atomic mass is 9.81. The quantitative estimate of drug-likeness (QED) is 0.0259. The second-order valence-electron chi connectivity index (χ2n) is 22.2. The summed E-state index contributed by atoms with van der Waals surface area (Å²) in [6, 6.07) is 12.7. The number of amides is 6. The summed E-state index contributed by atoms with van der Waals surface area (Å²) in [4.78, 5) is 124. The first-order valence-electron chi connectivity index (χ1n) is 29.8. The lowest BCUT2D eigenvalue weighted by Gasteiger charge is -2.35. The highest BCUT2D eigenvalue weighted by Crippen LogP contribution is 2.43. The van der Waals surface area contributed by atoms with Crippen LogP contribution in [0.1, 0.15) is 99.6 Å². The summed E-state index contributed by atoms with van der Waals surface area (Å²) in [5.74, 6) is -2.02. The molecule has 29 heteroatoms. The van der Waals surface area contributed by atoms with E-state index in [0.717, 1.165) is 36.6 Å². The zero-order valence-corrected chi connectivity index (χ0v) is 52.7. The molecule has 4 aliphatic heterocycles. The molecule has 0 unspecified atom stereocenters. The Labute approximate surface area is 532 Å². The summed E-state index contributed by atoms with van der Waals surface area (Å²) in [5, 5.41) is 20.2. The van der Waals surface area contributed by atoms with Crippen LogP contribution in [0.25, 0.3) is 22.3 Å². The number of benzene rings is 2. The minimum Gasteiger partial charge on any atom is -0.457 e. The molecule has 2 aromatic carbocycles. The molecule has 3 aromatic heterocycles. The van der Waals surface area contributed by atoms with Gasteiger partial charge in [-0.1, -0.05) is 50.5 Å². The van der Waals surface area contributed by atoms with E-state index in [-0.39, 0.29) is 109 Å². The number of aromatic nitrogens is 5. The van der Waals surface area contributed by atoms with Crippen molar-refractivity contribution < 1.29 is 76.3 Å². The van der Waals surface area contributed by atoms with Crippen molar-refractivity contribution in [3.05, 3.63) is 102 Å². The average Bonchev–Trinajstić information content (AvgIpc) is 1.40. The fourth-order valence-electron chi connectivity index (χ4n) is 11.3. The molecule has 90 heavy (non-hydrogen) atoms. The number of cyclic esters (lactones) is 1. The molecule has 10 rings (SSSR count). The van der Waals surface area contributed by atoms with Crippen molar-refractivity contribution in [2.75, 3.05) is 64.8 Å². The number of carbonyl (C=O) groups is 8. The van der Waals surface area contributed by atoms with Crippen molar-refractivity contribution in [2.45, 2.75) is 116 Å². The first-order chi connectivity index (χ1) is 43.5. The normalized spacial score (nSPS) is 18.4. The summed E-state index contributed by atoms with van der Waals surface area (Å²) < 4.78 is 48.0. The lowest BCUT2D eigenvalue weighted by molar-refractivity contribution is -0.175. The first kappa shape index (κ1) is 64.9. The molecule has 0 bridgehead atoms. The van der Waals surface area contributed by atoms with E-state index in [9.17, 15) is 43.2 Å². The molecule has 4 N–H and O–H groups in total. The van der Waals surface area contributed by atoms with Crippen molar-refractivity contribution in [1.82, 2.24) is 45.4 Å². The van der Waals surface area contributed by atoms with Gasteiger partial charge in [-0.25, -0.2) is 19.3 Å². The summed E-state index contributed by atoms with van der Waals surface area (Å²) in [6.45, 7) is 4.79. The number of halogens is 2. The van der Waals surface area contributed by atoms with Crippen LogP contribution in [0.3, 0.4) is 0 Å². The molecule has 1 saturated carbocycles. The Bertz CT molecular complexity index is 3640. The van der Waals surface area contributed by atoms with Crippen molar-refractivity contribution >= 4 is 96.0 Å². The fraction of sp³-hybridized carbons (Fsp3) is 0.475. The minimum absolute atomic E-state index is 0.0690. The number of nitrogens with one attached hydrogen (secondary N) is 4. The SMILES string of the molecule is CCCCC[C@H](NC(=O)COCC(=O)NCCOCCOCCn1cc(CNC(=O)C2CCC(CN3C(=O)C(Br)=C(Br)C3=O)CC2)nn1)C(=O)Nc1ccc(COC(=O)O[C@]2(CC)C(=O)OCc3c2cc2n(c3=O)Cc3cc4cc5c(cc4nc3-2)OCO5)cc1. The Hall–Kier alpha value is -8.12. The standard InChI is InChI=1S/C61H68Br2N10O17/c1-3-5-6-7-44(67-50(75)33-85-32-49(74)64-16-18-83-20-21-84-19-17-71-29-41(69-70-71)26-65-54(76)37-12-8-35(9-13-37)27-73-57(79)51(62)52(63)58(73)80)55(77)66-40-14-10-36(11-15-40)30-87-60(82)90-61(4-2)43-24-46-53-39(28-72(46)56(78)42(43)31-86-59(61)81)22-38-23-47-48(89-34-88-47)25-45(38)68-53/h10-11,14-15,22-25,29,35,37,44H,3-9,12-13,16-21,26-28,30-34H2,1-2H3,(H,64,74)(H,65,76)(H,66,77)(H,67,75)/t35?,37?,44-,61-/m0/s1. The predicted molar refractivity (Wildman–Crippen MR) is 325 cm³/mol. The Morgan fingerprint density at radius 3 is 2.30 bits per heavy atom. The lowest BCUT2D eigenvalue weighted by Crippen LogP contribution is -2.47. The van der Waals surface area contributed by atoms with Crippen LogP contribution in [0.5, 0.6) is 11.5 Å². The van der Waals surface area contributed by atoms with E-state index in [0.29, 0.717) is 97.3 Å². The number of imide groups is 1. The second kappa shape index (κ2) is 29.7. The van der Waals surface area contributed by atoms with Crippen LogP contribution in [0.2, 0.25) is 0 Å². The van der Waals surface area contributed by atoms with Crippen LogP contribution in [-0.4, -0.2) is 143 Å². The number of carbonyl (C=O) groups excluding carboxylic acids is 8. The van der Waals surface area contributed by atoms with Gasteiger partial charge in [0.2, 0.25) is 36.0 Å². The molecule has 1 fully saturated rings. The van der Waals surface area contributed by atoms with Gasteiger partial charge in [0.15, 0.2) is 11.5 Å². The van der Waals surface area contributed by atoms with Crippen LogP contribution in [0, 0.1) is 11.8 Å². The Balaban J connectivity index is 0.587. The van der Waals surface area contributed by atoms with Gasteiger partial charge in [-0.15, -0.1) is 5.10 Å². The largest absolute Gasteiger partial charge is 0.510 e. The van der Waals surface area contributed by atoms with Gasteiger partial charge in [0, 0.05) is 47.3 Å². The van der Waals surface area contributed by atoms with Crippen molar-refractivity contribution in [3.8, 4) is 22.9 Å². The summed E-state index contributed by atoms with van der Waals surface area (Å²) in [5.41, 5.74) is 1.87. The number of hydrogen-bond donors (Lipinski definition) is 4. The van der Waals surface area contributed by atoms with Gasteiger partial charge in [-0.2, -0.15) is 0 Å². The topological polar surface area (TPSA) is 327 Å². The van der Waals surface area contributed by atoms with Crippen LogP contribution >= 0.6 is 31.9 Å². The van der Waals surface area contributed by atoms with Gasteiger partial charge >= 0.3 is 12.1 Å². The molecule has 478 valence electrons. The van der Waals surface area contributed by atoms with Crippen LogP contribution in [-0.2, 0) is 100 Å². The molecule has 7 heterocycles. The highest BCUT2D eigenvalue weighted by molar-refractivity contribution is 9.14. The van der Waals surface area contributed by atoms with Gasteiger partial charge in [0.1, 0.15) is 47.1 Å². The maximum Gasteiger partial charge on any atom is 0.510 e. The third kappa shape index (κ3) is 15.2. The summed E-state index contributed by atoms with van der Waals surface area (Å²) >= 11 is 6.32. The van der Waals surface area contributed by atoms with Gasteiger partial charge in [-0.05, 0) is 112 Å². The predicted octanol–water partition coefficient (Wildman–Crippen LogP) is 5.42. The van der Waals surface area contributed by atoms with Gasteiger partial charge in [0.05, 0.1) is 74.7 Å². The highest BCUT2D eigenvalue weighted by Gasteiger charge is 2.51. The molecule has 27 nitrogen and oxygen atoms in total. The van der Waals surface area contributed by atoms with Crippen LogP contribution in [0.15, 0.2) is 68.5 Å². The smallest absolute Gasteiger partial charge is 0.457 e. The number of hydrogen-bond acceptors (Lipinski definition) is 20. The van der Waals surface area contributed by atoms with E-state index in [1.54, 1.807) is 58.8 Å². The number of rotatable bonds is 29. The zero-order chi connectivity index (χ0) is 63.5. The number of pyridine rings is 2. The van der Waals surface area contributed by atoms with Crippen LogP contribution in [0.4, 0.5) is 10.5 Å². The summed E-state index contributed by atoms with van der Waals surface area (Å²) in [7, 11) is 0. The fourth-order valence-corrected chi connectivity index (χ4v) is 12.1. The number of ether oxygens (including phenoxy) is 8. The third-order valence-electron chi connectivity index (χ3n) is 16.2. The number of unbranched alkanes of at least 4 members (excludes halogenated alkanes) is 2. The van der Waals surface area contributed by atoms with Crippen molar-refractivity contribution in [1.29, 1.82) is 0 Å². The van der Waals surface area contributed by atoms with Crippen molar-refractivity contribution in [2.24, 2.45) is 11.8 Å². The van der Waals surface area contributed by atoms with Crippen molar-refractivity contribution in [3.63, 3.8) is 0 Å². The van der Waals surface area contributed by atoms with Gasteiger partial charge < -0.3 is 63.7 Å². The van der Waals surface area contributed by atoms with E-state index >= 15 is 0 Å². The molecular weight excluding hydrogens is 1300 g/mol. The van der Waals surface area contributed by atoms with E-state index in [4.69, 9.17) is 42.9 Å². The molecule has 0 radical (unpaired) electrons. The minimum atomic E-state index is -1.99. The van der Waals surface area contributed by atoms with Crippen LogP contribution < -0.4 is 36.3 Å². The molecule has 0 saturated heterocycles. The van der Waals surface area contributed by atoms with E-state index in [2.05, 4.69) is 63.4 Å². The van der Waals surface area contributed by atoms with Gasteiger partial charge in [0.25, 0.3) is 17.4 Å². The highest BCUT2D eigenvalue weighted by atomic mass is 79.9. The Morgan fingerprint density at radius 2 is 1.56 bits per heavy atom. The van der Waals surface area contributed by atoms with E-state index < -0.39 is 60.3 Å². The van der Waals surface area contributed by atoms with Gasteiger partial charge in [-0.3, -0.25) is 38.5 Å². The molecule has 1 aliphatic carbocycles. The molecule has 5 aliphatic rings. The zero-order valence-electron chi connectivity index (χ0n) is 49.6. The average molecular weight is 1370 g/mol. The monoisotopic (exact) mass is 1370 g/mol. The molecule has 5 aromatic rings. The molecule has 2 atom stereocenters. The first-order valence-corrected chi connectivity index (χ1v) is 31.4.